The van der Waals surface area contributed by atoms with Gasteiger partial charge in [0.25, 0.3) is 12.0 Å². The van der Waals surface area contributed by atoms with E-state index in [1.54, 1.807) is 0 Å². The van der Waals surface area contributed by atoms with Crippen molar-refractivity contribution in [3.05, 3.63) is 27.7 Å². The highest BCUT2D eigenvalue weighted by Crippen LogP contribution is 2.23. The van der Waals surface area contributed by atoms with E-state index in [0.29, 0.717) is 0 Å². The minimum atomic E-state index is -4.45. The summed E-state index contributed by atoms with van der Waals surface area (Å²) in [4.78, 5) is 12.2. The van der Waals surface area contributed by atoms with Crippen molar-refractivity contribution in [2.24, 2.45) is 5.14 Å². The first kappa shape index (κ1) is 11.8. The van der Waals surface area contributed by atoms with Gasteiger partial charge >= 0.3 is 0 Å². The maximum Gasteiger partial charge on any atom is 0.268 e. The number of rotatable bonds is 2. The summed E-state index contributed by atoms with van der Waals surface area (Å²) in [6, 6.07) is 0.881. The Bertz CT molecular complexity index is 536. The number of aryl methyl sites for hydroxylation is 1. The number of H-pyrrole nitrogens is 1. The van der Waals surface area contributed by atoms with Gasteiger partial charge in [0.2, 0.25) is 10.0 Å². The van der Waals surface area contributed by atoms with Gasteiger partial charge in [-0.25, -0.2) is 22.3 Å². The maximum atomic E-state index is 12.4. The minimum absolute atomic E-state index is 0.141. The highest BCUT2D eigenvalue weighted by molar-refractivity contribution is 7.89. The van der Waals surface area contributed by atoms with Gasteiger partial charge in [0.05, 0.1) is 0 Å². The summed E-state index contributed by atoms with van der Waals surface area (Å²) < 4.78 is 46.7. The predicted molar refractivity (Wildman–Crippen MR) is 48.1 cm³/mol. The van der Waals surface area contributed by atoms with Crippen LogP contribution in [0.3, 0.4) is 0 Å². The molecule has 0 aromatic carbocycles. The molecule has 1 aromatic rings. The number of primary sulfonamides is 1. The lowest BCUT2D eigenvalue weighted by atomic mass is 10.2. The summed E-state index contributed by atoms with van der Waals surface area (Å²) in [7, 11) is -4.45. The van der Waals surface area contributed by atoms with E-state index >= 15 is 0 Å². The second-order valence-electron chi connectivity index (χ2n) is 2.91. The summed E-state index contributed by atoms with van der Waals surface area (Å²) in [5.41, 5.74) is -1.87. The largest absolute Gasteiger partial charge is 0.325 e. The van der Waals surface area contributed by atoms with E-state index in [0.717, 1.165) is 6.07 Å². The molecular weight excluding hydrogens is 230 g/mol. The molecule has 0 bridgehead atoms. The Labute approximate surface area is 84.0 Å². The Morgan fingerprint density at radius 2 is 2.00 bits per heavy atom. The molecule has 0 unspecified atom stereocenters. The van der Waals surface area contributed by atoms with Gasteiger partial charge in [-0.15, -0.1) is 0 Å². The SMILES string of the molecule is Cc1cc(C(F)F)c(S(N)(=O)=O)c(=O)[nH]1. The zero-order valence-electron chi connectivity index (χ0n) is 7.62. The van der Waals surface area contributed by atoms with Gasteiger partial charge in [0.1, 0.15) is 0 Å². The van der Waals surface area contributed by atoms with Crippen LogP contribution >= 0.6 is 0 Å². The first-order valence-electron chi connectivity index (χ1n) is 3.78. The fraction of sp³-hybridized carbons (Fsp3) is 0.286. The summed E-state index contributed by atoms with van der Waals surface area (Å²) in [5.74, 6) is 0. The van der Waals surface area contributed by atoms with Gasteiger partial charge in [-0.3, -0.25) is 4.79 Å². The molecule has 0 aliphatic heterocycles. The minimum Gasteiger partial charge on any atom is -0.325 e. The normalized spacial score (nSPS) is 12.1. The van der Waals surface area contributed by atoms with Crippen molar-refractivity contribution in [3.8, 4) is 0 Å². The van der Waals surface area contributed by atoms with Crippen LogP contribution in [0.25, 0.3) is 0 Å². The van der Waals surface area contributed by atoms with Crippen LogP contribution in [0.1, 0.15) is 17.7 Å². The fourth-order valence-electron chi connectivity index (χ4n) is 1.16. The lowest BCUT2D eigenvalue weighted by Crippen LogP contribution is -2.26. The molecule has 0 aliphatic carbocycles. The zero-order valence-corrected chi connectivity index (χ0v) is 8.44. The smallest absolute Gasteiger partial charge is 0.268 e. The summed E-state index contributed by atoms with van der Waals surface area (Å²) in [5, 5.41) is 4.67. The van der Waals surface area contributed by atoms with Crippen LogP contribution in [-0.2, 0) is 10.0 Å². The van der Waals surface area contributed by atoms with Gasteiger partial charge < -0.3 is 4.98 Å². The van der Waals surface area contributed by atoms with E-state index in [2.05, 4.69) is 10.1 Å². The molecule has 0 saturated heterocycles. The summed E-state index contributed by atoms with van der Waals surface area (Å²) in [6.07, 6.45) is -3.07. The Morgan fingerprint density at radius 1 is 1.47 bits per heavy atom. The Kier molecular flexibility index (Phi) is 2.91. The molecule has 5 nitrogen and oxygen atoms in total. The molecule has 8 heteroatoms. The third-order valence-corrected chi connectivity index (χ3v) is 2.66. The molecule has 3 N–H and O–H groups in total. The monoisotopic (exact) mass is 238 g/mol. The third-order valence-electron chi connectivity index (χ3n) is 1.67. The number of nitrogens with one attached hydrogen (secondary N) is 1. The Hall–Kier alpha value is -1.28. The van der Waals surface area contributed by atoms with Crippen molar-refractivity contribution in [2.75, 3.05) is 0 Å². The molecule has 0 atom stereocenters. The van der Waals surface area contributed by atoms with Crippen LogP contribution in [0.5, 0.6) is 0 Å². The Morgan fingerprint density at radius 3 is 2.40 bits per heavy atom. The van der Waals surface area contributed by atoms with Gasteiger partial charge in [-0.1, -0.05) is 0 Å². The highest BCUT2D eigenvalue weighted by Gasteiger charge is 2.24. The lowest BCUT2D eigenvalue weighted by Gasteiger charge is -2.06. The number of alkyl halides is 2. The van der Waals surface area contributed by atoms with Crippen molar-refractivity contribution in [1.82, 2.24) is 4.98 Å². The van der Waals surface area contributed by atoms with E-state index in [1.165, 1.54) is 6.92 Å². The number of halogens is 2. The molecule has 0 aliphatic rings. The number of hydrogen-bond acceptors (Lipinski definition) is 3. The van der Waals surface area contributed by atoms with Gasteiger partial charge in [-0.2, -0.15) is 0 Å². The summed E-state index contributed by atoms with van der Waals surface area (Å²) >= 11 is 0. The second-order valence-corrected chi connectivity index (χ2v) is 4.41. The molecule has 0 fully saturated rings. The van der Waals surface area contributed by atoms with Crippen LogP contribution in [0.15, 0.2) is 15.8 Å². The fourth-order valence-corrected chi connectivity index (χ4v) is 1.94. The maximum absolute atomic E-state index is 12.4. The molecule has 0 amide bonds. The quantitative estimate of drug-likeness (QED) is 0.774. The number of hydrogen-bond donors (Lipinski definition) is 2. The number of aromatic nitrogens is 1. The number of pyridine rings is 1. The van der Waals surface area contributed by atoms with Crippen LogP contribution in [-0.4, -0.2) is 13.4 Å². The van der Waals surface area contributed by atoms with Crippen molar-refractivity contribution < 1.29 is 17.2 Å². The van der Waals surface area contributed by atoms with Gasteiger partial charge in [-0.05, 0) is 13.0 Å². The molecule has 0 radical (unpaired) electrons. The van der Waals surface area contributed by atoms with E-state index in [1.807, 2.05) is 0 Å². The molecule has 0 saturated carbocycles. The van der Waals surface area contributed by atoms with Crippen LogP contribution in [0.4, 0.5) is 8.78 Å². The van der Waals surface area contributed by atoms with Crippen LogP contribution < -0.4 is 10.7 Å². The van der Waals surface area contributed by atoms with Crippen molar-refractivity contribution in [1.29, 1.82) is 0 Å². The van der Waals surface area contributed by atoms with Gasteiger partial charge in [0.15, 0.2) is 4.90 Å². The molecular formula is C7H8F2N2O3S. The first-order valence-corrected chi connectivity index (χ1v) is 5.33. The molecule has 84 valence electrons. The molecule has 0 spiro atoms. The topological polar surface area (TPSA) is 93.0 Å². The van der Waals surface area contributed by atoms with Crippen LogP contribution in [0.2, 0.25) is 0 Å². The van der Waals surface area contributed by atoms with E-state index in [4.69, 9.17) is 0 Å². The number of aromatic amines is 1. The average molecular weight is 238 g/mol. The average Bonchev–Trinajstić information content (AvgIpc) is 1.99. The van der Waals surface area contributed by atoms with Crippen LogP contribution in [0, 0.1) is 6.92 Å². The Balaban J connectivity index is 3.71. The molecule has 1 heterocycles. The standard InChI is InChI=1S/C7H8F2N2O3S/c1-3-2-4(6(8)9)5(7(12)11-3)15(10,13)14/h2,6H,1H3,(H,11,12)(H2,10,13,14). The van der Waals surface area contributed by atoms with E-state index < -0.39 is 32.5 Å². The third kappa shape index (κ3) is 2.39. The first-order chi connectivity index (χ1) is 6.73. The van der Waals surface area contributed by atoms with Crippen molar-refractivity contribution in [2.45, 2.75) is 18.2 Å². The summed E-state index contributed by atoms with van der Waals surface area (Å²) in [6.45, 7) is 1.36. The lowest BCUT2D eigenvalue weighted by molar-refractivity contribution is 0.147. The second kappa shape index (κ2) is 3.70. The van der Waals surface area contributed by atoms with Crippen molar-refractivity contribution in [3.63, 3.8) is 0 Å². The van der Waals surface area contributed by atoms with E-state index in [9.17, 15) is 22.0 Å². The number of nitrogens with two attached hydrogens (primary N) is 1. The van der Waals surface area contributed by atoms with Gasteiger partial charge in [0, 0.05) is 11.3 Å². The highest BCUT2D eigenvalue weighted by atomic mass is 32.2. The zero-order chi connectivity index (χ0) is 11.8. The molecule has 15 heavy (non-hydrogen) atoms. The molecule has 1 aromatic heterocycles. The van der Waals surface area contributed by atoms with E-state index in [-0.39, 0.29) is 5.69 Å². The van der Waals surface area contributed by atoms with Crippen molar-refractivity contribution >= 4 is 10.0 Å². The number of sulfonamides is 1. The predicted octanol–water partition coefficient (Wildman–Crippen LogP) is 0.268. The molecule has 1 rings (SSSR count).